The summed E-state index contributed by atoms with van der Waals surface area (Å²) in [6.45, 7) is 5.28. The molecule has 1 aromatic carbocycles. The Morgan fingerprint density at radius 3 is 2.67 bits per heavy atom. The van der Waals surface area contributed by atoms with Crippen LogP contribution in [0, 0.1) is 13.8 Å². The minimum absolute atomic E-state index is 0.136. The molecule has 5 nitrogen and oxygen atoms in total. The zero-order chi connectivity index (χ0) is 17.1. The van der Waals surface area contributed by atoms with Crippen molar-refractivity contribution >= 4 is 5.91 Å². The molecule has 0 bridgehead atoms. The van der Waals surface area contributed by atoms with Gasteiger partial charge in [-0.3, -0.25) is 4.79 Å². The first-order valence-electron chi connectivity index (χ1n) is 8.61. The Labute approximate surface area is 142 Å². The van der Waals surface area contributed by atoms with Gasteiger partial charge in [-0.1, -0.05) is 12.1 Å². The number of aliphatic hydroxyl groups is 1. The van der Waals surface area contributed by atoms with Gasteiger partial charge in [-0.2, -0.15) is 5.10 Å². The maximum Gasteiger partial charge on any atom is 0.222 e. The van der Waals surface area contributed by atoms with Crippen LogP contribution < -0.4 is 0 Å². The van der Waals surface area contributed by atoms with Crippen molar-refractivity contribution in [2.24, 2.45) is 0 Å². The summed E-state index contributed by atoms with van der Waals surface area (Å²) >= 11 is 0. The van der Waals surface area contributed by atoms with E-state index in [1.165, 1.54) is 0 Å². The maximum absolute atomic E-state index is 12.3. The van der Waals surface area contributed by atoms with Gasteiger partial charge in [0.1, 0.15) is 0 Å². The van der Waals surface area contributed by atoms with E-state index in [1.54, 1.807) is 4.90 Å². The average molecular weight is 327 g/mol. The fourth-order valence-electron chi connectivity index (χ4n) is 3.28. The van der Waals surface area contributed by atoms with E-state index in [4.69, 9.17) is 0 Å². The smallest absolute Gasteiger partial charge is 0.222 e. The SMILES string of the molecule is Cc1cc(C)n(-c2ccc(CCC(=O)N3CCCC(O)C3)cc2)n1. The van der Waals surface area contributed by atoms with E-state index in [9.17, 15) is 9.90 Å². The van der Waals surface area contributed by atoms with Crippen LogP contribution in [0.3, 0.4) is 0 Å². The zero-order valence-corrected chi connectivity index (χ0v) is 14.4. The topological polar surface area (TPSA) is 58.4 Å². The average Bonchev–Trinajstić information content (AvgIpc) is 2.91. The summed E-state index contributed by atoms with van der Waals surface area (Å²) in [6.07, 6.45) is 2.55. The molecule has 0 aliphatic carbocycles. The number of aliphatic hydroxyl groups excluding tert-OH is 1. The van der Waals surface area contributed by atoms with Crippen molar-refractivity contribution in [3.8, 4) is 5.69 Å². The number of likely N-dealkylation sites (tertiary alicyclic amines) is 1. The van der Waals surface area contributed by atoms with Gasteiger partial charge in [-0.05, 0) is 56.9 Å². The van der Waals surface area contributed by atoms with Crippen LogP contribution >= 0.6 is 0 Å². The Bertz CT molecular complexity index is 706. The van der Waals surface area contributed by atoms with Crippen LogP contribution in [0.2, 0.25) is 0 Å². The number of aromatic nitrogens is 2. The van der Waals surface area contributed by atoms with Gasteiger partial charge >= 0.3 is 0 Å². The zero-order valence-electron chi connectivity index (χ0n) is 14.4. The lowest BCUT2D eigenvalue weighted by atomic mass is 10.1. The number of amides is 1. The molecule has 1 aromatic heterocycles. The third-order valence-electron chi connectivity index (χ3n) is 4.57. The van der Waals surface area contributed by atoms with E-state index in [0.29, 0.717) is 13.0 Å². The number of β-amino-alcohol motifs (C(OH)–C–C–N with tert-alkyl or cyclic N) is 1. The Morgan fingerprint density at radius 2 is 2.04 bits per heavy atom. The van der Waals surface area contributed by atoms with Gasteiger partial charge < -0.3 is 10.0 Å². The molecule has 1 amide bonds. The number of aryl methyl sites for hydroxylation is 3. The molecular weight excluding hydrogens is 302 g/mol. The predicted octanol–water partition coefficient (Wildman–Crippen LogP) is 2.41. The Balaban J connectivity index is 1.58. The summed E-state index contributed by atoms with van der Waals surface area (Å²) in [6, 6.07) is 10.3. The fourth-order valence-corrected chi connectivity index (χ4v) is 3.28. The normalized spacial score (nSPS) is 18.0. The standard InChI is InChI=1S/C19H25N3O2/c1-14-12-15(2)22(20-14)17-8-5-16(6-9-17)7-10-19(24)21-11-3-4-18(23)13-21/h5-6,8-9,12,18,23H,3-4,7,10-11,13H2,1-2H3. The Hall–Kier alpha value is -2.14. The lowest BCUT2D eigenvalue weighted by Gasteiger charge is -2.30. The molecule has 1 unspecified atom stereocenters. The van der Waals surface area contributed by atoms with E-state index < -0.39 is 0 Å². The second kappa shape index (κ2) is 7.18. The molecule has 1 aliphatic rings. The molecule has 0 saturated carbocycles. The number of benzene rings is 1. The predicted molar refractivity (Wildman–Crippen MR) is 93.2 cm³/mol. The molecule has 5 heteroatoms. The molecule has 2 aromatic rings. The van der Waals surface area contributed by atoms with Gasteiger partial charge in [0.25, 0.3) is 0 Å². The highest BCUT2D eigenvalue weighted by molar-refractivity contribution is 5.76. The highest BCUT2D eigenvalue weighted by atomic mass is 16.3. The molecule has 1 aliphatic heterocycles. The van der Waals surface area contributed by atoms with Crippen molar-refractivity contribution in [2.45, 2.75) is 45.6 Å². The van der Waals surface area contributed by atoms with E-state index in [-0.39, 0.29) is 12.0 Å². The van der Waals surface area contributed by atoms with Crippen LogP contribution in [0.4, 0.5) is 0 Å². The van der Waals surface area contributed by atoms with Crippen molar-refractivity contribution in [1.82, 2.24) is 14.7 Å². The molecule has 24 heavy (non-hydrogen) atoms. The molecule has 2 heterocycles. The van der Waals surface area contributed by atoms with Gasteiger partial charge in [0.05, 0.1) is 17.5 Å². The van der Waals surface area contributed by atoms with Crippen molar-refractivity contribution in [2.75, 3.05) is 13.1 Å². The van der Waals surface area contributed by atoms with Gasteiger partial charge in [-0.15, -0.1) is 0 Å². The summed E-state index contributed by atoms with van der Waals surface area (Å²) in [7, 11) is 0. The second-order valence-corrected chi connectivity index (χ2v) is 6.64. The molecule has 1 atom stereocenters. The lowest BCUT2D eigenvalue weighted by Crippen LogP contribution is -2.42. The monoisotopic (exact) mass is 327 g/mol. The summed E-state index contributed by atoms with van der Waals surface area (Å²) in [5, 5.41) is 14.2. The number of carbonyl (C=O) groups excluding carboxylic acids is 1. The van der Waals surface area contributed by atoms with Crippen LogP contribution in [0.5, 0.6) is 0 Å². The fraction of sp³-hybridized carbons (Fsp3) is 0.474. The first-order chi connectivity index (χ1) is 11.5. The largest absolute Gasteiger partial charge is 0.391 e. The minimum atomic E-state index is -0.359. The van der Waals surface area contributed by atoms with Crippen LogP contribution in [0.1, 0.15) is 36.2 Å². The number of nitrogens with zero attached hydrogens (tertiary/aromatic N) is 3. The first kappa shape index (κ1) is 16.7. The molecule has 1 N–H and O–H groups in total. The summed E-state index contributed by atoms with van der Waals surface area (Å²) in [5.74, 6) is 0.136. The first-order valence-corrected chi connectivity index (χ1v) is 8.61. The van der Waals surface area contributed by atoms with Gasteiger partial charge in [0.2, 0.25) is 5.91 Å². The number of carbonyl (C=O) groups is 1. The number of hydrogen-bond acceptors (Lipinski definition) is 3. The molecule has 128 valence electrons. The van der Waals surface area contributed by atoms with E-state index in [2.05, 4.69) is 23.3 Å². The van der Waals surface area contributed by atoms with Crippen molar-refractivity contribution < 1.29 is 9.90 Å². The molecule has 0 radical (unpaired) electrons. The highest BCUT2D eigenvalue weighted by Crippen LogP contribution is 2.15. The summed E-state index contributed by atoms with van der Waals surface area (Å²) < 4.78 is 1.93. The minimum Gasteiger partial charge on any atom is -0.391 e. The van der Waals surface area contributed by atoms with Crippen LogP contribution in [0.25, 0.3) is 5.69 Å². The third-order valence-corrected chi connectivity index (χ3v) is 4.57. The van der Waals surface area contributed by atoms with Crippen LogP contribution in [-0.4, -0.2) is 44.9 Å². The van der Waals surface area contributed by atoms with Crippen molar-refractivity contribution in [3.05, 3.63) is 47.3 Å². The van der Waals surface area contributed by atoms with E-state index in [1.807, 2.05) is 30.7 Å². The Kier molecular flexibility index (Phi) is 5.00. The number of rotatable bonds is 4. The summed E-state index contributed by atoms with van der Waals surface area (Å²) in [4.78, 5) is 14.0. The molecule has 3 rings (SSSR count). The quantitative estimate of drug-likeness (QED) is 0.938. The molecule has 1 fully saturated rings. The summed E-state index contributed by atoms with van der Waals surface area (Å²) in [5.41, 5.74) is 4.30. The molecule has 0 spiro atoms. The molecule has 1 saturated heterocycles. The molecular formula is C19H25N3O2. The maximum atomic E-state index is 12.3. The lowest BCUT2D eigenvalue weighted by molar-refractivity contribution is -0.134. The van der Waals surface area contributed by atoms with Gasteiger partial charge in [-0.25, -0.2) is 4.68 Å². The van der Waals surface area contributed by atoms with Gasteiger partial charge in [0.15, 0.2) is 0 Å². The van der Waals surface area contributed by atoms with Gasteiger partial charge in [0, 0.05) is 25.2 Å². The highest BCUT2D eigenvalue weighted by Gasteiger charge is 2.21. The number of piperidine rings is 1. The van der Waals surface area contributed by atoms with Crippen molar-refractivity contribution in [1.29, 1.82) is 0 Å². The van der Waals surface area contributed by atoms with Crippen molar-refractivity contribution in [3.63, 3.8) is 0 Å². The van der Waals surface area contributed by atoms with E-state index in [0.717, 1.165) is 48.4 Å². The van der Waals surface area contributed by atoms with Crippen LogP contribution in [0.15, 0.2) is 30.3 Å². The Morgan fingerprint density at radius 1 is 1.29 bits per heavy atom. The third kappa shape index (κ3) is 3.85. The van der Waals surface area contributed by atoms with E-state index >= 15 is 0 Å². The second-order valence-electron chi connectivity index (χ2n) is 6.64. The van der Waals surface area contributed by atoms with Crippen LogP contribution in [-0.2, 0) is 11.2 Å². The number of hydrogen-bond donors (Lipinski definition) is 1.